The molecule has 0 saturated carbocycles. The van der Waals surface area contributed by atoms with Gasteiger partial charge in [-0.3, -0.25) is 9.59 Å². The molecule has 0 unspecified atom stereocenters. The van der Waals surface area contributed by atoms with Gasteiger partial charge in [0, 0.05) is 45.4 Å². The van der Waals surface area contributed by atoms with Crippen LogP contribution < -0.4 is 5.56 Å². The van der Waals surface area contributed by atoms with Crippen LogP contribution in [0.3, 0.4) is 0 Å². The van der Waals surface area contributed by atoms with Gasteiger partial charge in [-0.25, -0.2) is 0 Å². The van der Waals surface area contributed by atoms with Crippen LogP contribution >= 0.6 is 0 Å². The van der Waals surface area contributed by atoms with Crippen molar-refractivity contribution in [1.82, 2.24) is 14.5 Å². The number of hydrogen-bond donors (Lipinski definition) is 1. The number of ether oxygens (including phenoxy) is 1. The maximum Gasteiger partial charge on any atom is 0.258 e. The van der Waals surface area contributed by atoms with Crippen molar-refractivity contribution < 1.29 is 9.53 Å². The molecule has 1 N–H and O–H groups in total. The highest BCUT2D eigenvalue weighted by atomic mass is 16.5. The number of nitrogens with one attached hydrogen (secondary N) is 1. The SMILES string of the molecule is C=C(C)/C(=C\C=C/C)OC1CCN(C(=O)c2cn(C)c3c(C)c[nH]c(=O)c23)CC1. The number of allylic oxidation sites excluding steroid dienone is 4. The lowest BCUT2D eigenvalue weighted by Crippen LogP contribution is -2.41. The zero-order chi connectivity index (χ0) is 21.1. The first-order chi connectivity index (χ1) is 13.8. The van der Waals surface area contributed by atoms with Gasteiger partial charge >= 0.3 is 0 Å². The average Bonchev–Trinajstić information content (AvgIpc) is 3.06. The summed E-state index contributed by atoms with van der Waals surface area (Å²) < 4.78 is 7.97. The molecule has 1 fully saturated rings. The van der Waals surface area contributed by atoms with Crippen molar-refractivity contribution in [2.75, 3.05) is 13.1 Å². The summed E-state index contributed by atoms with van der Waals surface area (Å²) >= 11 is 0. The number of amides is 1. The van der Waals surface area contributed by atoms with Gasteiger partial charge in [-0.15, -0.1) is 0 Å². The fourth-order valence-corrected chi connectivity index (χ4v) is 3.80. The van der Waals surface area contributed by atoms with Gasteiger partial charge in [-0.2, -0.15) is 0 Å². The van der Waals surface area contributed by atoms with Gasteiger partial charge in [0.05, 0.1) is 16.5 Å². The first kappa shape index (κ1) is 20.7. The van der Waals surface area contributed by atoms with Gasteiger partial charge < -0.3 is 19.2 Å². The molecule has 154 valence electrons. The van der Waals surface area contributed by atoms with Crippen LogP contribution in [0, 0.1) is 6.92 Å². The minimum atomic E-state index is -0.229. The summed E-state index contributed by atoms with van der Waals surface area (Å²) in [6.07, 6.45) is 10.8. The number of H-pyrrole nitrogens is 1. The molecule has 6 heteroatoms. The quantitative estimate of drug-likeness (QED) is 0.618. The van der Waals surface area contributed by atoms with Crippen LogP contribution in [0.15, 0.2) is 53.3 Å². The second-order valence-electron chi connectivity index (χ2n) is 7.62. The van der Waals surface area contributed by atoms with Gasteiger partial charge in [0.1, 0.15) is 11.9 Å². The van der Waals surface area contributed by atoms with Crippen molar-refractivity contribution in [2.24, 2.45) is 7.05 Å². The van der Waals surface area contributed by atoms with Crippen LogP contribution in [0.5, 0.6) is 0 Å². The second-order valence-corrected chi connectivity index (χ2v) is 7.62. The molecule has 2 aromatic rings. The van der Waals surface area contributed by atoms with Gasteiger partial charge in [-0.05, 0) is 38.0 Å². The van der Waals surface area contributed by atoms with E-state index in [0.717, 1.165) is 35.3 Å². The summed E-state index contributed by atoms with van der Waals surface area (Å²) in [6.45, 7) is 11.0. The van der Waals surface area contributed by atoms with Crippen molar-refractivity contribution in [2.45, 2.75) is 39.7 Å². The number of pyridine rings is 1. The van der Waals surface area contributed by atoms with E-state index in [1.165, 1.54) is 0 Å². The van der Waals surface area contributed by atoms with Crippen molar-refractivity contribution in [3.63, 3.8) is 0 Å². The maximum atomic E-state index is 13.2. The summed E-state index contributed by atoms with van der Waals surface area (Å²) in [5.41, 5.74) is 2.85. The Morgan fingerprint density at radius 1 is 1.34 bits per heavy atom. The lowest BCUT2D eigenvalue weighted by molar-refractivity contribution is 0.0430. The second kappa shape index (κ2) is 8.55. The first-order valence-electron chi connectivity index (χ1n) is 9.95. The summed E-state index contributed by atoms with van der Waals surface area (Å²) in [5.74, 6) is 0.679. The van der Waals surface area contributed by atoms with Crippen LogP contribution in [0.4, 0.5) is 0 Å². The Morgan fingerprint density at radius 3 is 2.66 bits per heavy atom. The minimum absolute atomic E-state index is 0.0467. The Bertz CT molecular complexity index is 1050. The molecule has 1 saturated heterocycles. The lowest BCUT2D eigenvalue weighted by atomic mass is 10.1. The van der Waals surface area contributed by atoms with Crippen molar-refractivity contribution in [3.05, 3.63) is 70.0 Å². The summed E-state index contributed by atoms with van der Waals surface area (Å²) in [5, 5.41) is 0.467. The topological polar surface area (TPSA) is 67.3 Å². The highest BCUT2D eigenvalue weighted by Crippen LogP contribution is 2.25. The number of piperidine rings is 1. The third-order valence-electron chi connectivity index (χ3n) is 5.32. The third kappa shape index (κ3) is 4.21. The summed E-state index contributed by atoms with van der Waals surface area (Å²) in [6, 6.07) is 0. The fraction of sp³-hybridized carbons (Fsp3) is 0.391. The van der Waals surface area contributed by atoms with E-state index in [9.17, 15) is 9.59 Å². The molecule has 2 aromatic heterocycles. The molecule has 29 heavy (non-hydrogen) atoms. The molecule has 0 aromatic carbocycles. The smallest absolute Gasteiger partial charge is 0.258 e. The maximum absolute atomic E-state index is 13.2. The Kier molecular flexibility index (Phi) is 6.11. The normalized spacial score (nSPS) is 16.0. The fourth-order valence-electron chi connectivity index (χ4n) is 3.80. The monoisotopic (exact) mass is 395 g/mol. The number of aromatic amines is 1. The van der Waals surface area contributed by atoms with Crippen LogP contribution in [-0.4, -0.2) is 39.6 Å². The minimum Gasteiger partial charge on any atom is -0.490 e. The van der Waals surface area contributed by atoms with E-state index in [-0.39, 0.29) is 17.6 Å². The Hall–Kier alpha value is -3.02. The Morgan fingerprint density at radius 2 is 2.03 bits per heavy atom. The van der Waals surface area contributed by atoms with Crippen molar-refractivity contribution >= 4 is 16.8 Å². The Labute approximate surface area is 171 Å². The number of rotatable bonds is 5. The van der Waals surface area contributed by atoms with E-state index >= 15 is 0 Å². The van der Waals surface area contributed by atoms with E-state index in [1.807, 2.05) is 55.5 Å². The van der Waals surface area contributed by atoms with Gasteiger partial charge in [0.25, 0.3) is 11.5 Å². The van der Waals surface area contributed by atoms with E-state index in [1.54, 1.807) is 12.4 Å². The lowest BCUT2D eigenvalue weighted by Gasteiger charge is -2.32. The molecule has 6 nitrogen and oxygen atoms in total. The van der Waals surface area contributed by atoms with Gasteiger partial charge in [0.2, 0.25) is 0 Å². The predicted molar refractivity (Wildman–Crippen MR) is 116 cm³/mol. The average molecular weight is 396 g/mol. The number of carbonyl (C=O) groups excluding carboxylic acids is 1. The molecular weight excluding hydrogens is 366 g/mol. The van der Waals surface area contributed by atoms with E-state index < -0.39 is 0 Å². The van der Waals surface area contributed by atoms with Crippen LogP contribution in [0.1, 0.15) is 42.6 Å². The van der Waals surface area contributed by atoms with E-state index in [4.69, 9.17) is 4.74 Å². The predicted octanol–water partition coefficient (Wildman–Crippen LogP) is 3.83. The molecule has 3 rings (SSSR count). The molecule has 0 radical (unpaired) electrons. The molecular formula is C23H29N3O3. The van der Waals surface area contributed by atoms with Gasteiger partial charge in [-0.1, -0.05) is 18.7 Å². The molecule has 0 bridgehead atoms. The largest absolute Gasteiger partial charge is 0.490 e. The summed E-state index contributed by atoms with van der Waals surface area (Å²) in [7, 11) is 1.86. The number of carbonyl (C=O) groups is 1. The van der Waals surface area contributed by atoms with Crippen LogP contribution in [0.25, 0.3) is 10.9 Å². The number of likely N-dealkylation sites (tertiary alicyclic amines) is 1. The number of aromatic nitrogens is 2. The molecule has 1 aliphatic heterocycles. The van der Waals surface area contributed by atoms with Gasteiger partial charge in [0.15, 0.2) is 0 Å². The van der Waals surface area contributed by atoms with Crippen molar-refractivity contribution in [1.29, 1.82) is 0 Å². The first-order valence-corrected chi connectivity index (χ1v) is 9.95. The number of fused-ring (bicyclic) bond motifs is 1. The Balaban J connectivity index is 1.75. The van der Waals surface area contributed by atoms with E-state index in [2.05, 4.69) is 11.6 Å². The zero-order valence-electron chi connectivity index (χ0n) is 17.6. The third-order valence-corrected chi connectivity index (χ3v) is 5.32. The molecule has 0 atom stereocenters. The number of aryl methyl sites for hydroxylation is 2. The highest BCUT2D eigenvalue weighted by Gasteiger charge is 2.28. The summed E-state index contributed by atoms with van der Waals surface area (Å²) in [4.78, 5) is 30.1. The van der Waals surface area contributed by atoms with Crippen molar-refractivity contribution in [3.8, 4) is 0 Å². The molecule has 3 heterocycles. The highest BCUT2D eigenvalue weighted by molar-refractivity contribution is 6.07. The van der Waals surface area contributed by atoms with Crippen LogP contribution in [0.2, 0.25) is 0 Å². The van der Waals surface area contributed by atoms with E-state index in [0.29, 0.717) is 24.0 Å². The molecule has 1 aliphatic rings. The molecule has 1 amide bonds. The number of nitrogens with zero attached hydrogens (tertiary/aromatic N) is 2. The standard InChI is InChI=1S/C23H29N3O3/c1-6-7-8-19(15(2)3)29-17-9-11-26(12-10-17)23(28)18-14-25(5)21-16(4)13-24-22(27)20(18)21/h6-8,13-14,17H,2,9-12H2,1,3-5H3,(H,24,27)/b7-6-,19-8+. The zero-order valence-corrected chi connectivity index (χ0v) is 17.6. The molecule has 0 spiro atoms. The number of hydrogen-bond acceptors (Lipinski definition) is 3. The molecule has 0 aliphatic carbocycles. The van der Waals surface area contributed by atoms with Crippen LogP contribution in [-0.2, 0) is 11.8 Å².